The number of nitrogen functional groups attached to an aromatic ring is 1. The molecule has 37 heavy (non-hydrogen) atoms. The summed E-state index contributed by atoms with van der Waals surface area (Å²) in [5.41, 5.74) is 8.43. The molecule has 1 saturated carbocycles. The Bertz CT molecular complexity index is 1550. The van der Waals surface area contributed by atoms with Crippen molar-refractivity contribution in [3.63, 3.8) is 0 Å². The maximum Gasteiger partial charge on any atom is 0.335 e. The number of benzene rings is 2. The molecule has 0 bridgehead atoms. The van der Waals surface area contributed by atoms with E-state index in [-0.39, 0.29) is 35.2 Å². The standard InChI is InChI=1S/C26H29N7O4/c1-31(2)24(35)15-11-12-19(20(13-15)37-3)28-25-29-22(27)21-23(30-25)33(16-7-4-5-8-16)26(36)32(21)17-9-6-10-18(34)14-17/h6,9-14,16,34H,4-5,7-8H2,1-3H3,(H3,27,28,29,30). The van der Waals surface area contributed by atoms with Crippen molar-refractivity contribution in [2.75, 3.05) is 32.3 Å². The van der Waals surface area contributed by atoms with Crippen LogP contribution in [0.5, 0.6) is 11.5 Å². The fraction of sp³-hybridized carbons (Fsp3) is 0.308. The zero-order chi connectivity index (χ0) is 26.3. The number of amides is 1. The molecule has 0 saturated heterocycles. The predicted octanol–water partition coefficient (Wildman–Crippen LogP) is 3.44. The molecule has 4 N–H and O–H groups in total. The molecule has 4 aromatic rings. The summed E-state index contributed by atoms with van der Waals surface area (Å²) in [5, 5.41) is 13.2. The van der Waals surface area contributed by atoms with Gasteiger partial charge in [-0.3, -0.25) is 13.9 Å². The molecule has 0 atom stereocenters. The van der Waals surface area contributed by atoms with Crippen LogP contribution in [0.3, 0.4) is 0 Å². The normalized spacial score (nSPS) is 13.7. The van der Waals surface area contributed by atoms with E-state index in [1.54, 1.807) is 49.0 Å². The fourth-order valence-electron chi connectivity index (χ4n) is 4.86. The number of fused-ring (bicyclic) bond motifs is 1. The molecule has 1 aliphatic rings. The molecule has 2 heterocycles. The van der Waals surface area contributed by atoms with Crippen LogP contribution in [-0.4, -0.2) is 56.2 Å². The lowest BCUT2D eigenvalue weighted by Crippen LogP contribution is -2.26. The van der Waals surface area contributed by atoms with Crippen molar-refractivity contribution < 1.29 is 14.6 Å². The van der Waals surface area contributed by atoms with Gasteiger partial charge < -0.3 is 25.8 Å². The number of hydrogen-bond donors (Lipinski definition) is 3. The first-order chi connectivity index (χ1) is 17.8. The van der Waals surface area contributed by atoms with Crippen LogP contribution in [0.2, 0.25) is 0 Å². The van der Waals surface area contributed by atoms with E-state index in [1.165, 1.54) is 28.7 Å². The highest BCUT2D eigenvalue weighted by atomic mass is 16.5. The summed E-state index contributed by atoms with van der Waals surface area (Å²) in [4.78, 5) is 36.7. The molecule has 2 aromatic carbocycles. The van der Waals surface area contributed by atoms with Crippen molar-refractivity contribution in [3.8, 4) is 17.2 Å². The van der Waals surface area contributed by atoms with Gasteiger partial charge in [-0.1, -0.05) is 18.9 Å². The number of aromatic hydroxyl groups is 1. The second-order valence-electron chi connectivity index (χ2n) is 9.29. The van der Waals surface area contributed by atoms with Gasteiger partial charge in [0.1, 0.15) is 17.0 Å². The molecule has 2 aromatic heterocycles. The lowest BCUT2D eigenvalue weighted by molar-refractivity contribution is 0.0827. The molecule has 0 unspecified atom stereocenters. The Kier molecular flexibility index (Phi) is 6.20. The third-order valence-corrected chi connectivity index (χ3v) is 6.62. The number of methoxy groups -OCH3 is 1. The number of carbonyl (C=O) groups is 1. The number of nitrogens with one attached hydrogen (secondary N) is 1. The topological polar surface area (TPSA) is 141 Å². The van der Waals surface area contributed by atoms with E-state index >= 15 is 0 Å². The van der Waals surface area contributed by atoms with Crippen LogP contribution in [0.4, 0.5) is 17.5 Å². The monoisotopic (exact) mass is 503 g/mol. The Morgan fingerprint density at radius 3 is 2.59 bits per heavy atom. The van der Waals surface area contributed by atoms with E-state index in [0.717, 1.165) is 25.7 Å². The second kappa shape index (κ2) is 9.49. The maximum atomic E-state index is 13.7. The van der Waals surface area contributed by atoms with Gasteiger partial charge in [0.05, 0.1) is 18.5 Å². The highest BCUT2D eigenvalue weighted by molar-refractivity contribution is 5.95. The lowest BCUT2D eigenvalue weighted by atomic mass is 10.1. The summed E-state index contributed by atoms with van der Waals surface area (Å²) in [5.74, 6) is 0.617. The summed E-state index contributed by atoms with van der Waals surface area (Å²) in [6, 6.07) is 11.5. The second-order valence-corrected chi connectivity index (χ2v) is 9.29. The maximum absolute atomic E-state index is 13.7. The average Bonchev–Trinajstić information content (AvgIpc) is 3.49. The number of rotatable bonds is 6. The number of carbonyl (C=O) groups excluding carboxylic acids is 1. The van der Waals surface area contributed by atoms with Crippen molar-refractivity contribution in [2.45, 2.75) is 31.7 Å². The van der Waals surface area contributed by atoms with E-state index in [4.69, 9.17) is 15.5 Å². The molecule has 1 amide bonds. The molecule has 0 aliphatic heterocycles. The van der Waals surface area contributed by atoms with Crippen LogP contribution in [0.25, 0.3) is 16.9 Å². The van der Waals surface area contributed by atoms with Gasteiger partial charge in [-0.2, -0.15) is 9.97 Å². The van der Waals surface area contributed by atoms with Crippen molar-refractivity contribution in [1.82, 2.24) is 24.0 Å². The summed E-state index contributed by atoms with van der Waals surface area (Å²) in [6.07, 6.45) is 3.77. The quantitative estimate of drug-likeness (QED) is 0.363. The molecular weight excluding hydrogens is 474 g/mol. The number of nitrogens with zero attached hydrogens (tertiary/aromatic N) is 5. The first-order valence-corrected chi connectivity index (χ1v) is 12.0. The van der Waals surface area contributed by atoms with E-state index in [9.17, 15) is 14.7 Å². The number of phenols is 1. The molecule has 0 spiro atoms. The largest absolute Gasteiger partial charge is 0.508 e. The first-order valence-electron chi connectivity index (χ1n) is 12.0. The molecule has 11 heteroatoms. The Labute approximate surface area is 213 Å². The summed E-state index contributed by atoms with van der Waals surface area (Å²) >= 11 is 0. The molecule has 1 aliphatic carbocycles. The van der Waals surface area contributed by atoms with Crippen LogP contribution in [-0.2, 0) is 0 Å². The highest BCUT2D eigenvalue weighted by Gasteiger charge is 2.27. The van der Waals surface area contributed by atoms with Gasteiger partial charge in [0.15, 0.2) is 11.5 Å². The van der Waals surface area contributed by atoms with Crippen molar-refractivity contribution in [2.24, 2.45) is 0 Å². The number of phenolic OH excluding ortho intramolecular Hbond substituents is 1. The number of hydrogen-bond acceptors (Lipinski definition) is 8. The number of anilines is 3. The van der Waals surface area contributed by atoms with E-state index < -0.39 is 0 Å². The minimum atomic E-state index is -0.283. The smallest absolute Gasteiger partial charge is 0.335 e. The van der Waals surface area contributed by atoms with E-state index in [0.29, 0.717) is 33.9 Å². The number of ether oxygens (including phenoxy) is 1. The number of imidazole rings is 1. The third-order valence-electron chi connectivity index (χ3n) is 6.62. The SMILES string of the molecule is COc1cc(C(=O)N(C)C)ccc1Nc1nc(N)c2c(n1)n(C1CCCC1)c(=O)n2-c1cccc(O)c1. The third kappa shape index (κ3) is 4.32. The minimum Gasteiger partial charge on any atom is -0.508 e. The number of nitrogens with two attached hydrogens (primary N) is 1. The van der Waals surface area contributed by atoms with Crippen molar-refractivity contribution in [3.05, 3.63) is 58.5 Å². The molecule has 192 valence electrons. The van der Waals surface area contributed by atoms with Crippen molar-refractivity contribution >= 4 is 34.5 Å². The van der Waals surface area contributed by atoms with E-state index in [2.05, 4.69) is 10.3 Å². The summed E-state index contributed by atoms with van der Waals surface area (Å²) in [7, 11) is 4.87. The summed E-state index contributed by atoms with van der Waals surface area (Å²) < 4.78 is 8.64. The van der Waals surface area contributed by atoms with Crippen LogP contribution >= 0.6 is 0 Å². The van der Waals surface area contributed by atoms with Gasteiger partial charge in [-0.15, -0.1) is 0 Å². The van der Waals surface area contributed by atoms with Crippen LogP contribution in [0.1, 0.15) is 42.1 Å². The van der Waals surface area contributed by atoms with Crippen molar-refractivity contribution in [1.29, 1.82) is 0 Å². The minimum absolute atomic E-state index is 0.0124. The molecular formula is C26H29N7O4. The fourth-order valence-corrected chi connectivity index (χ4v) is 4.86. The predicted molar refractivity (Wildman–Crippen MR) is 141 cm³/mol. The highest BCUT2D eigenvalue weighted by Crippen LogP contribution is 2.34. The Morgan fingerprint density at radius 1 is 1.16 bits per heavy atom. The molecule has 5 rings (SSSR count). The van der Waals surface area contributed by atoms with Gasteiger partial charge in [0.2, 0.25) is 5.95 Å². The lowest BCUT2D eigenvalue weighted by Gasteiger charge is -2.15. The van der Waals surface area contributed by atoms with Gasteiger partial charge in [-0.25, -0.2) is 4.79 Å². The van der Waals surface area contributed by atoms with Crippen LogP contribution < -0.4 is 21.5 Å². The van der Waals surface area contributed by atoms with Gasteiger partial charge in [-0.05, 0) is 43.2 Å². The Balaban J connectivity index is 1.64. The van der Waals surface area contributed by atoms with Gasteiger partial charge in [0, 0.05) is 31.8 Å². The van der Waals surface area contributed by atoms with Crippen LogP contribution in [0.15, 0.2) is 47.3 Å². The van der Waals surface area contributed by atoms with Crippen LogP contribution in [0, 0.1) is 0 Å². The van der Waals surface area contributed by atoms with Gasteiger partial charge in [0.25, 0.3) is 5.91 Å². The Hall–Kier alpha value is -4.54. The Morgan fingerprint density at radius 2 is 1.92 bits per heavy atom. The molecule has 1 fully saturated rings. The molecule has 11 nitrogen and oxygen atoms in total. The first kappa shape index (κ1) is 24.2. The zero-order valence-electron chi connectivity index (χ0n) is 20.9. The molecule has 0 radical (unpaired) electrons. The average molecular weight is 504 g/mol. The van der Waals surface area contributed by atoms with Gasteiger partial charge >= 0.3 is 5.69 Å². The summed E-state index contributed by atoms with van der Waals surface area (Å²) in [6.45, 7) is 0. The number of aromatic nitrogens is 4. The zero-order valence-corrected chi connectivity index (χ0v) is 20.9. The van der Waals surface area contributed by atoms with E-state index in [1.807, 2.05) is 0 Å².